The molecule has 0 saturated carbocycles. The number of hydrogen-bond acceptors (Lipinski definition) is 4. The molecular weight excluding hydrogens is 254 g/mol. The van der Waals surface area contributed by atoms with E-state index in [1.54, 1.807) is 0 Å². The van der Waals surface area contributed by atoms with Gasteiger partial charge in [0.2, 0.25) is 0 Å². The first-order valence-corrected chi connectivity index (χ1v) is 6.52. The van der Waals surface area contributed by atoms with Crippen molar-refractivity contribution in [3.63, 3.8) is 0 Å². The van der Waals surface area contributed by atoms with E-state index >= 15 is 0 Å². The fraction of sp³-hybridized carbons (Fsp3) is 0.667. The fourth-order valence-corrected chi connectivity index (χ4v) is 1.76. The van der Waals surface area contributed by atoms with Crippen molar-refractivity contribution in [2.75, 3.05) is 11.9 Å². The molecule has 1 heterocycles. The van der Waals surface area contributed by atoms with E-state index in [1.165, 1.54) is 10.9 Å². The molecule has 102 valence electrons. The number of nitrogens with zero attached hydrogens (tertiary/aromatic N) is 2. The maximum Gasteiger partial charge on any atom is 0.287 e. The van der Waals surface area contributed by atoms with Crippen molar-refractivity contribution in [3.8, 4) is 0 Å². The number of nitrogens with one attached hydrogen (secondary N) is 1. The van der Waals surface area contributed by atoms with Crippen molar-refractivity contribution in [3.05, 3.63) is 21.6 Å². The van der Waals surface area contributed by atoms with E-state index in [0.717, 1.165) is 6.42 Å². The third kappa shape index (κ3) is 3.46. The number of rotatable bonds is 6. The van der Waals surface area contributed by atoms with Crippen LogP contribution in [0.3, 0.4) is 0 Å². The van der Waals surface area contributed by atoms with E-state index in [0.29, 0.717) is 12.2 Å². The number of aryl methyl sites for hydroxylation is 1. The van der Waals surface area contributed by atoms with Gasteiger partial charge in [0, 0.05) is 6.54 Å². The minimum atomic E-state index is -0.302. The van der Waals surface area contributed by atoms with Crippen LogP contribution in [-0.4, -0.2) is 27.5 Å². The molecule has 18 heavy (non-hydrogen) atoms. The summed E-state index contributed by atoms with van der Waals surface area (Å²) in [5, 5.41) is 16.5. The molecule has 0 aliphatic rings. The van der Waals surface area contributed by atoms with Crippen LogP contribution in [0, 0.1) is 5.92 Å². The Morgan fingerprint density at radius 2 is 2.22 bits per heavy atom. The van der Waals surface area contributed by atoms with Gasteiger partial charge in [-0.25, -0.2) is 4.68 Å². The van der Waals surface area contributed by atoms with Gasteiger partial charge in [-0.05, 0) is 12.3 Å². The molecule has 2 N–H and O–H groups in total. The van der Waals surface area contributed by atoms with Crippen molar-refractivity contribution in [1.29, 1.82) is 0 Å². The summed E-state index contributed by atoms with van der Waals surface area (Å²) < 4.78 is 1.34. The van der Waals surface area contributed by atoms with Gasteiger partial charge in [0.15, 0.2) is 0 Å². The van der Waals surface area contributed by atoms with Crippen LogP contribution in [0.15, 0.2) is 11.0 Å². The van der Waals surface area contributed by atoms with Gasteiger partial charge in [0.1, 0.15) is 5.02 Å². The van der Waals surface area contributed by atoms with Crippen molar-refractivity contribution >= 4 is 17.3 Å². The van der Waals surface area contributed by atoms with Crippen LogP contribution in [0.2, 0.25) is 5.02 Å². The second kappa shape index (κ2) is 6.75. The van der Waals surface area contributed by atoms with E-state index in [1.807, 2.05) is 20.8 Å². The zero-order chi connectivity index (χ0) is 13.7. The van der Waals surface area contributed by atoms with Crippen LogP contribution in [0.5, 0.6) is 0 Å². The van der Waals surface area contributed by atoms with Gasteiger partial charge in [-0.1, -0.05) is 32.4 Å². The zero-order valence-electron chi connectivity index (χ0n) is 11.0. The average Bonchev–Trinajstić information content (AvgIpc) is 2.34. The molecule has 1 aromatic heterocycles. The Hall–Kier alpha value is -1.07. The van der Waals surface area contributed by atoms with Crippen LogP contribution < -0.4 is 10.9 Å². The smallest absolute Gasteiger partial charge is 0.287 e. The Morgan fingerprint density at radius 1 is 1.56 bits per heavy atom. The van der Waals surface area contributed by atoms with E-state index in [-0.39, 0.29) is 29.1 Å². The standard InChI is InChI=1S/C12H20ClN3O2/c1-4-5-16-12(18)11(13)9(6-14-16)15-10(7-17)8(2)3/h6,8,10,15,17H,4-5,7H2,1-3H3/t10-/m1/s1. The van der Waals surface area contributed by atoms with Crippen LogP contribution in [0.25, 0.3) is 0 Å². The van der Waals surface area contributed by atoms with Gasteiger partial charge < -0.3 is 10.4 Å². The molecule has 0 aliphatic heterocycles. The Morgan fingerprint density at radius 3 is 2.72 bits per heavy atom. The van der Waals surface area contributed by atoms with E-state index in [9.17, 15) is 9.90 Å². The molecule has 0 radical (unpaired) electrons. The van der Waals surface area contributed by atoms with Crippen molar-refractivity contribution < 1.29 is 5.11 Å². The first-order chi connectivity index (χ1) is 8.51. The van der Waals surface area contributed by atoms with Gasteiger partial charge >= 0.3 is 0 Å². The maximum absolute atomic E-state index is 11.9. The lowest BCUT2D eigenvalue weighted by Crippen LogP contribution is -2.31. The van der Waals surface area contributed by atoms with E-state index < -0.39 is 0 Å². The summed E-state index contributed by atoms with van der Waals surface area (Å²) >= 11 is 6.02. The Kier molecular flexibility index (Phi) is 5.62. The average molecular weight is 274 g/mol. The number of aromatic nitrogens is 2. The topological polar surface area (TPSA) is 67.2 Å². The van der Waals surface area contributed by atoms with Crippen LogP contribution >= 0.6 is 11.6 Å². The number of aliphatic hydroxyl groups excluding tert-OH is 1. The highest BCUT2D eigenvalue weighted by Gasteiger charge is 2.15. The molecule has 5 nitrogen and oxygen atoms in total. The lowest BCUT2D eigenvalue weighted by Gasteiger charge is -2.21. The maximum atomic E-state index is 11.9. The Balaban J connectivity index is 2.98. The zero-order valence-corrected chi connectivity index (χ0v) is 11.7. The summed E-state index contributed by atoms with van der Waals surface area (Å²) in [6.07, 6.45) is 2.35. The third-order valence-corrected chi connectivity index (χ3v) is 3.13. The summed E-state index contributed by atoms with van der Waals surface area (Å²) in [5.41, 5.74) is 0.172. The SMILES string of the molecule is CCCn1ncc(N[C@H](CO)C(C)C)c(Cl)c1=O. The van der Waals surface area contributed by atoms with Gasteiger partial charge in [-0.3, -0.25) is 4.79 Å². The Bertz CT molecular complexity index is 445. The van der Waals surface area contributed by atoms with Crippen molar-refractivity contribution in [2.24, 2.45) is 5.92 Å². The largest absolute Gasteiger partial charge is 0.394 e. The molecule has 0 fully saturated rings. The lowest BCUT2D eigenvalue weighted by molar-refractivity contribution is 0.249. The first-order valence-electron chi connectivity index (χ1n) is 6.14. The second-order valence-corrected chi connectivity index (χ2v) is 4.96. The highest BCUT2D eigenvalue weighted by atomic mass is 35.5. The van der Waals surface area contributed by atoms with Crippen LogP contribution in [0.4, 0.5) is 5.69 Å². The summed E-state index contributed by atoms with van der Waals surface area (Å²) in [5.74, 6) is 0.226. The van der Waals surface area contributed by atoms with Gasteiger partial charge in [-0.2, -0.15) is 5.10 Å². The summed E-state index contributed by atoms with van der Waals surface area (Å²) in [6.45, 7) is 6.45. The van der Waals surface area contributed by atoms with Gasteiger partial charge in [-0.15, -0.1) is 0 Å². The molecule has 6 heteroatoms. The molecule has 1 rings (SSSR count). The predicted molar refractivity (Wildman–Crippen MR) is 73.1 cm³/mol. The number of hydrogen-bond donors (Lipinski definition) is 2. The molecule has 0 unspecified atom stereocenters. The quantitative estimate of drug-likeness (QED) is 0.828. The molecule has 0 bridgehead atoms. The number of aliphatic hydroxyl groups is 1. The summed E-state index contributed by atoms with van der Waals surface area (Å²) in [4.78, 5) is 11.9. The number of anilines is 1. The lowest BCUT2D eigenvalue weighted by atomic mass is 10.1. The monoisotopic (exact) mass is 273 g/mol. The second-order valence-electron chi connectivity index (χ2n) is 4.58. The summed E-state index contributed by atoms with van der Waals surface area (Å²) in [7, 11) is 0. The van der Waals surface area contributed by atoms with Crippen molar-refractivity contribution in [2.45, 2.75) is 39.8 Å². The van der Waals surface area contributed by atoms with E-state index in [4.69, 9.17) is 11.6 Å². The predicted octanol–water partition coefficient (Wildman–Crippen LogP) is 1.74. The Labute approximate surface area is 112 Å². The van der Waals surface area contributed by atoms with Gasteiger partial charge in [0.25, 0.3) is 5.56 Å². The summed E-state index contributed by atoms with van der Waals surface area (Å²) in [6, 6.07) is -0.147. The number of halogens is 1. The molecule has 0 aliphatic carbocycles. The normalized spacial score (nSPS) is 12.8. The van der Waals surface area contributed by atoms with Gasteiger partial charge in [0.05, 0.1) is 24.5 Å². The minimum absolute atomic E-state index is 0.0218. The first kappa shape index (κ1) is 15.0. The van der Waals surface area contributed by atoms with Crippen LogP contribution in [0.1, 0.15) is 27.2 Å². The molecular formula is C12H20ClN3O2. The van der Waals surface area contributed by atoms with Crippen LogP contribution in [-0.2, 0) is 6.54 Å². The molecule has 0 saturated heterocycles. The molecule has 0 aromatic carbocycles. The van der Waals surface area contributed by atoms with E-state index in [2.05, 4.69) is 10.4 Å². The van der Waals surface area contributed by atoms with Crippen molar-refractivity contribution in [1.82, 2.24) is 9.78 Å². The molecule has 1 aromatic rings. The third-order valence-electron chi connectivity index (χ3n) is 2.76. The highest BCUT2D eigenvalue weighted by molar-refractivity contribution is 6.32. The highest BCUT2D eigenvalue weighted by Crippen LogP contribution is 2.18. The molecule has 0 amide bonds. The minimum Gasteiger partial charge on any atom is -0.394 e. The molecule has 1 atom stereocenters. The molecule has 0 spiro atoms. The fourth-order valence-electron chi connectivity index (χ4n) is 1.56.